The van der Waals surface area contributed by atoms with E-state index in [0.717, 1.165) is 12.8 Å². The maximum atomic E-state index is 5.77. The highest BCUT2D eigenvalue weighted by molar-refractivity contribution is 5.47. The molecule has 4 heteroatoms. The molecule has 1 aliphatic rings. The SMILES string of the molecule is COc1ccnc(OC(C)C)c1OC1CC1. The highest BCUT2D eigenvalue weighted by Gasteiger charge is 2.27. The minimum Gasteiger partial charge on any atom is -0.493 e. The first-order chi connectivity index (χ1) is 7.70. The summed E-state index contributed by atoms with van der Waals surface area (Å²) in [5.41, 5.74) is 0. The molecule has 0 radical (unpaired) electrons. The van der Waals surface area contributed by atoms with Crippen molar-refractivity contribution in [3.8, 4) is 17.4 Å². The zero-order chi connectivity index (χ0) is 11.5. The van der Waals surface area contributed by atoms with Gasteiger partial charge in [-0.3, -0.25) is 0 Å². The van der Waals surface area contributed by atoms with Gasteiger partial charge >= 0.3 is 0 Å². The minimum atomic E-state index is 0.0705. The van der Waals surface area contributed by atoms with Crippen LogP contribution in [0.2, 0.25) is 0 Å². The van der Waals surface area contributed by atoms with Crippen LogP contribution >= 0.6 is 0 Å². The Morgan fingerprint density at radius 3 is 2.69 bits per heavy atom. The molecule has 0 atom stereocenters. The van der Waals surface area contributed by atoms with Crippen molar-refractivity contribution in [3.05, 3.63) is 12.3 Å². The summed E-state index contributed by atoms with van der Waals surface area (Å²) >= 11 is 0. The van der Waals surface area contributed by atoms with Crippen LogP contribution in [0.25, 0.3) is 0 Å². The van der Waals surface area contributed by atoms with Gasteiger partial charge in [0.25, 0.3) is 5.88 Å². The van der Waals surface area contributed by atoms with Gasteiger partial charge in [0.15, 0.2) is 5.75 Å². The molecule has 88 valence electrons. The standard InChI is InChI=1S/C12H17NO3/c1-8(2)15-12-11(16-9-4-5-9)10(14-3)6-7-13-12/h6-9H,4-5H2,1-3H3. The number of methoxy groups -OCH3 is 1. The number of aromatic nitrogens is 1. The van der Waals surface area contributed by atoms with Gasteiger partial charge in [0.1, 0.15) is 0 Å². The van der Waals surface area contributed by atoms with E-state index >= 15 is 0 Å². The predicted octanol–water partition coefficient (Wildman–Crippen LogP) is 2.42. The first kappa shape index (κ1) is 11.0. The van der Waals surface area contributed by atoms with E-state index in [0.29, 0.717) is 23.5 Å². The molecule has 16 heavy (non-hydrogen) atoms. The van der Waals surface area contributed by atoms with Crippen molar-refractivity contribution in [3.63, 3.8) is 0 Å². The molecule has 0 N–H and O–H groups in total. The fourth-order valence-corrected chi connectivity index (χ4v) is 1.34. The topological polar surface area (TPSA) is 40.6 Å². The summed E-state index contributed by atoms with van der Waals surface area (Å²) in [5, 5.41) is 0. The van der Waals surface area contributed by atoms with Crippen LogP contribution in [-0.4, -0.2) is 24.3 Å². The van der Waals surface area contributed by atoms with Crippen LogP contribution in [0, 0.1) is 0 Å². The number of hydrogen-bond donors (Lipinski definition) is 0. The summed E-state index contributed by atoms with van der Waals surface area (Å²) in [4.78, 5) is 4.18. The number of hydrogen-bond acceptors (Lipinski definition) is 4. The van der Waals surface area contributed by atoms with E-state index < -0.39 is 0 Å². The first-order valence-corrected chi connectivity index (χ1v) is 5.57. The lowest BCUT2D eigenvalue weighted by Crippen LogP contribution is -2.10. The molecule has 0 aliphatic heterocycles. The largest absolute Gasteiger partial charge is 0.493 e. The van der Waals surface area contributed by atoms with Crippen LogP contribution in [0.3, 0.4) is 0 Å². The van der Waals surface area contributed by atoms with Gasteiger partial charge in [0, 0.05) is 12.3 Å². The van der Waals surface area contributed by atoms with Crippen LogP contribution in [0.4, 0.5) is 0 Å². The monoisotopic (exact) mass is 223 g/mol. The van der Waals surface area contributed by atoms with Crippen molar-refractivity contribution < 1.29 is 14.2 Å². The smallest absolute Gasteiger partial charge is 0.261 e. The van der Waals surface area contributed by atoms with Crippen LogP contribution in [0.1, 0.15) is 26.7 Å². The Morgan fingerprint density at radius 2 is 2.12 bits per heavy atom. The summed E-state index contributed by atoms with van der Waals surface area (Å²) < 4.78 is 16.6. The van der Waals surface area contributed by atoms with Gasteiger partial charge in [-0.1, -0.05) is 0 Å². The molecule has 0 aromatic carbocycles. The Balaban J connectivity index is 2.25. The zero-order valence-corrected chi connectivity index (χ0v) is 9.90. The van der Waals surface area contributed by atoms with Crippen molar-refractivity contribution in [2.75, 3.05) is 7.11 Å². The molecular formula is C12H17NO3. The summed E-state index contributed by atoms with van der Waals surface area (Å²) in [5.74, 6) is 1.82. The molecule has 1 aromatic rings. The third-order valence-corrected chi connectivity index (χ3v) is 2.21. The second-order valence-electron chi connectivity index (χ2n) is 4.13. The molecule has 0 spiro atoms. The van der Waals surface area contributed by atoms with E-state index in [9.17, 15) is 0 Å². The second kappa shape index (κ2) is 4.60. The average Bonchev–Trinajstić information content (AvgIpc) is 3.03. The lowest BCUT2D eigenvalue weighted by atomic mass is 10.4. The quantitative estimate of drug-likeness (QED) is 0.768. The van der Waals surface area contributed by atoms with Gasteiger partial charge in [0.05, 0.1) is 19.3 Å². The number of pyridine rings is 1. The number of nitrogens with zero attached hydrogens (tertiary/aromatic N) is 1. The van der Waals surface area contributed by atoms with Gasteiger partial charge in [-0.05, 0) is 26.7 Å². The molecule has 4 nitrogen and oxygen atoms in total. The van der Waals surface area contributed by atoms with E-state index in [-0.39, 0.29) is 6.10 Å². The zero-order valence-electron chi connectivity index (χ0n) is 9.90. The Hall–Kier alpha value is -1.45. The fraction of sp³-hybridized carbons (Fsp3) is 0.583. The van der Waals surface area contributed by atoms with Crippen LogP contribution in [-0.2, 0) is 0 Å². The molecule has 1 heterocycles. The Kier molecular flexibility index (Phi) is 3.17. The van der Waals surface area contributed by atoms with Crippen molar-refractivity contribution >= 4 is 0 Å². The minimum absolute atomic E-state index is 0.0705. The second-order valence-corrected chi connectivity index (χ2v) is 4.13. The Morgan fingerprint density at radius 1 is 1.38 bits per heavy atom. The van der Waals surface area contributed by atoms with E-state index in [1.165, 1.54) is 0 Å². The van der Waals surface area contributed by atoms with Crippen LogP contribution in [0.15, 0.2) is 12.3 Å². The van der Waals surface area contributed by atoms with E-state index in [2.05, 4.69) is 4.98 Å². The van der Waals surface area contributed by atoms with Gasteiger partial charge in [-0.15, -0.1) is 0 Å². The van der Waals surface area contributed by atoms with Gasteiger partial charge in [0.2, 0.25) is 5.75 Å². The highest BCUT2D eigenvalue weighted by atomic mass is 16.6. The van der Waals surface area contributed by atoms with Crippen LogP contribution < -0.4 is 14.2 Å². The van der Waals surface area contributed by atoms with Gasteiger partial charge in [-0.2, -0.15) is 0 Å². The Labute approximate surface area is 95.5 Å². The summed E-state index contributed by atoms with van der Waals surface area (Å²) in [6.45, 7) is 3.92. The number of ether oxygens (including phenoxy) is 3. The molecular weight excluding hydrogens is 206 g/mol. The molecule has 1 aromatic heterocycles. The lowest BCUT2D eigenvalue weighted by molar-refractivity contribution is 0.202. The Bertz CT molecular complexity index is 361. The molecule has 0 bridgehead atoms. The van der Waals surface area contributed by atoms with E-state index in [4.69, 9.17) is 14.2 Å². The first-order valence-electron chi connectivity index (χ1n) is 5.57. The van der Waals surface area contributed by atoms with Crippen molar-refractivity contribution in [2.24, 2.45) is 0 Å². The lowest BCUT2D eigenvalue weighted by Gasteiger charge is -2.15. The van der Waals surface area contributed by atoms with Crippen molar-refractivity contribution in [1.29, 1.82) is 0 Å². The molecule has 0 amide bonds. The maximum absolute atomic E-state index is 5.77. The number of rotatable bonds is 5. The van der Waals surface area contributed by atoms with Crippen molar-refractivity contribution in [1.82, 2.24) is 4.98 Å². The molecule has 1 fully saturated rings. The third kappa shape index (κ3) is 2.56. The summed E-state index contributed by atoms with van der Waals surface area (Å²) in [6, 6.07) is 1.78. The van der Waals surface area contributed by atoms with Crippen LogP contribution in [0.5, 0.6) is 17.4 Å². The summed E-state index contributed by atoms with van der Waals surface area (Å²) in [7, 11) is 1.62. The molecule has 2 rings (SSSR count). The molecule has 0 unspecified atom stereocenters. The van der Waals surface area contributed by atoms with E-state index in [1.807, 2.05) is 13.8 Å². The van der Waals surface area contributed by atoms with Crippen molar-refractivity contribution in [2.45, 2.75) is 38.9 Å². The molecule has 1 aliphatic carbocycles. The van der Waals surface area contributed by atoms with Gasteiger partial charge in [-0.25, -0.2) is 4.98 Å². The molecule has 1 saturated carbocycles. The fourth-order valence-electron chi connectivity index (χ4n) is 1.34. The summed E-state index contributed by atoms with van der Waals surface area (Å²) in [6.07, 6.45) is 4.23. The molecule has 0 saturated heterocycles. The van der Waals surface area contributed by atoms with E-state index in [1.54, 1.807) is 19.4 Å². The maximum Gasteiger partial charge on any atom is 0.261 e. The normalized spacial score (nSPS) is 15.0. The predicted molar refractivity (Wildman–Crippen MR) is 60.2 cm³/mol. The highest BCUT2D eigenvalue weighted by Crippen LogP contribution is 2.39. The average molecular weight is 223 g/mol. The third-order valence-electron chi connectivity index (χ3n) is 2.21. The van der Waals surface area contributed by atoms with Gasteiger partial charge < -0.3 is 14.2 Å².